The molecule has 0 aromatic heterocycles. The van der Waals surface area contributed by atoms with Crippen LogP contribution in [0.25, 0.3) is 0 Å². The van der Waals surface area contributed by atoms with Gasteiger partial charge in [-0.3, -0.25) is 9.59 Å². The normalized spacial score (nSPS) is 15.1. The summed E-state index contributed by atoms with van der Waals surface area (Å²) < 4.78 is 15.2. The molecule has 0 rings (SSSR count). The van der Waals surface area contributed by atoms with Gasteiger partial charge in [-0.25, -0.2) is 0 Å². The van der Waals surface area contributed by atoms with Gasteiger partial charge in [-0.15, -0.1) is 0 Å². The maximum absolute atomic E-state index is 9.41. The molecule has 0 saturated heterocycles. The third kappa shape index (κ3) is 16.8. The van der Waals surface area contributed by atoms with Gasteiger partial charge in [-0.2, -0.15) is 0 Å². The van der Waals surface area contributed by atoms with Crippen LogP contribution in [0.2, 0.25) is 0 Å². The molecular formula is C13H28O9. The Bertz CT molecular complexity index is 257. The fourth-order valence-corrected chi connectivity index (χ4v) is 1.42. The predicted molar refractivity (Wildman–Crippen MR) is 77.8 cm³/mol. The third-order valence-corrected chi connectivity index (χ3v) is 2.19. The van der Waals surface area contributed by atoms with Crippen LogP contribution in [0.1, 0.15) is 20.8 Å². The molecule has 0 heterocycles. The number of ether oxygens (including phenoxy) is 3. The molecule has 0 fully saturated rings. The summed E-state index contributed by atoms with van der Waals surface area (Å²) in [6.07, 6.45) is -2.19. The molecule has 0 aromatic carbocycles. The van der Waals surface area contributed by atoms with Crippen LogP contribution in [0.5, 0.6) is 0 Å². The molecule has 22 heavy (non-hydrogen) atoms. The van der Waals surface area contributed by atoms with E-state index in [4.69, 9.17) is 39.1 Å². The van der Waals surface area contributed by atoms with Gasteiger partial charge in [0, 0.05) is 35.2 Å². The van der Waals surface area contributed by atoms with Crippen molar-refractivity contribution in [3.63, 3.8) is 0 Å². The second kappa shape index (κ2) is 16.1. The number of carboxylic acids is 2. The van der Waals surface area contributed by atoms with Crippen LogP contribution in [0.3, 0.4) is 0 Å². The number of hydrogen-bond donors (Lipinski definition) is 4. The first-order chi connectivity index (χ1) is 10.1. The first-order valence-electron chi connectivity index (χ1n) is 6.35. The first kappa shape index (κ1) is 25.7. The highest BCUT2D eigenvalue weighted by atomic mass is 16.6. The van der Waals surface area contributed by atoms with Gasteiger partial charge in [0.15, 0.2) is 0 Å². The van der Waals surface area contributed by atoms with E-state index in [0.29, 0.717) is 0 Å². The average Bonchev–Trinajstić information content (AvgIpc) is 2.37. The highest BCUT2D eigenvalue weighted by molar-refractivity contribution is 5.63. The van der Waals surface area contributed by atoms with Crippen molar-refractivity contribution in [3.8, 4) is 0 Å². The Balaban J connectivity index is -0.000000372. The molecule has 0 saturated carbocycles. The van der Waals surface area contributed by atoms with Crippen molar-refractivity contribution in [2.24, 2.45) is 0 Å². The minimum absolute atomic E-state index is 0.179. The third-order valence-electron chi connectivity index (χ3n) is 2.19. The highest BCUT2D eigenvalue weighted by Crippen LogP contribution is 2.13. The zero-order chi connectivity index (χ0) is 18.3. The van der Waals surface area contributed by atoms with Crippen molar-refractivity contribution >= 4 is 11.9 Å². The van der Waals surface area contributed by atoms with Crippen LogP contribution in [0.4, 0.5) is 0 Å². The van der Waals surface area contributed by atoms with E-state index < -0.39 is 36.4 Å². The zero-order valence-electron chi connectivity index (χ0n) is 13.8. The molecular weight excluding hydrogens is 300 g/mol. The number of aliphatic hydroxyl groups is 2. The van der Waals surface area contributed by atoms with E-state index in [1.165, 1.54) is 21.3 Å². The van der Waals surface area contributed by atoms with Crippen molar-refractivity contribution in [1.82, 2.24) is 0 Å². The standard InChI is InChI=1S/C9H20O5.2C2H4O2/c1-6(11)8(13-3)9(14-4)7(5-10)12-2;2*1-2(3)4/h6-11H,5H2,1-4H3;2*1H3,(H,3,4). The van der Waals surface area contributed by atoms with E-state index in [-0.39, 0.29) is 6.61 Å². The lowest BCUT2D eigenvalue weighted by molar-refractivity contribution is -0.147. The Hall–Kier alpha value is -1.26. The number of aliphatic carboxylic acids is 2. The molecule has 9 nitrogen and oxygen atoms in total. The van der Waals surface area contributed by atoms with E-state index in [9.17, 15) is 5.11 Å². The van der Waals surface area contributed by atoms with Gasteiger partial charge < -0.3 is 34.6 Å². The summed E-state index contributed by atoms with van der Waals surface area (Å²) in [7, 11) is 4.44. The largest absolute Gasteiger partial charge is 0.481 e. The lowest BCUT2D eigenvalue weighted by atomic mass is 10.0. The molecule has 0 aliphatic heterocycles. The van der Waals surface area contributed by atoms with E-state index in [1.54, 1.807) is 6.92 Å². The van der Waals surface area contributed by atoms with Crippen molar-refractivity contribution in [2.45, 2.75) is 45.2 Å². The molecule has 0 bridgehead atoms. The van der Waals surface area contributed by atoms with E-state index >= 15 is 0 Å². The summed E-state index contributed by atoms with van der Waals surface area (Å²) in [4.78, 5) is 18.0. The number of carboxylic acid groups (broad SMARTS) is 2. The topological polar surface area (TPSA) is 143 Å². The zero-order valence-corrected chi connectivity index (χ0v) is 13.8. The van der Waals surface area contributed by atoms with Crippen LogP contribution in [0.15, 0.2) is 0 Å². The van der Waals surface area contributed by atoms with Gasteiger partial charge >= 0.3 is 0 Å². The summed E-state index contributed by atoms with van der Waals surface area (Å²) in [6, 6.07) is 0. The van der Waals surface area contributed by atoms with Crippen molar-refractivity contribution < 1.29 is 44.2 Å². The quantitative estimate of drug-likeness (QED) is 0.490. The van der Waals surface area contributed by atoms with Gasteiger partial charge in [-0.1, -0.05) is 0 Å². The van der Waals surface area contributed by atoms with Crippen LogP contribution in [0, 0.1) is 0 Å². The summed E-state index contributed by atoms with van der Waals surface area (Å²) >= 11 is 0. The van der Waals surface area contributed by atoms with Gasteiger partial charge in [0.05, 0.1) is 12.7 Å². The minimum Gasteiger partial charge on any atom is -0.481 e. The molecule has 134 valence electrons. The molecule has 0 aliphatic rings. The summed E-state index contributed by atoms with van der Waals surface area (Å²) in [5.74, 6) is -1.67. The fourth-order valence-electron chi connectivity index (χ4n) is 1.42. The summed E-state index contributed by atoms with van der Waals surface area (Å²) in [5.41, 5.74) is 0. The lowest BCUT2D eigenvalue weighted by Gasteiger charge is -2.31. The Kier molecular flexibility index (Phi) is 18.8. The lowest BCUT2D eigenvalue weighted by Crippen LogP contribution is -2.48. The van der Waals surface area contributed by atoms with Crippen LogP contribution in [-0.2, 0) is 23.8 Å². The Labute approximate surface area is 130 Å². The average molecular weight is 328 g/mol. The summed E-state index contributed by atoms with van der Waals surface area (Å²) in [5, 5.41) is 33.3. The SMILES string of the molecule is CC(=O)O.CC(=O)O.COC(CO)C(OC)C(OC)C(C)O. The molecule has 4 atom stereocenters. The molecule has 0 aromatic rings. The van der Waals surface area contributed by atoms with Gasteiger partial charge in [-0.05, 0) is 6.92 Å². The first-order valence-corrected chi connectivity index (χ1v) is 6.35. The predicted octanol–water partition coefficient (Wildman–Crippen LogP) is -0.414. The van der Waals surface area contributed by atoms with Crippen molar-refractivity contribution in [2.75, 3.05) is 27.9 Å². The second-order valence-corrected chi connectivity index (χ2v) is 4.14. The van der Waals surface area contributed by atoms with Gasteiger partial charge in [0.2, 0.25) is 0 Å². The second-order valence-electron chi connectivity index (χ2n) is 4.14. The van der Waals surface area contributed by atoms with Gasteiger partial charge in [0.25, 0.3) is 11.9 Å². The molecule has 0 radical (unpaired) electrons. The number of carbonyl (C=O) groups is 2. The minimum atomic E-state index is -0.833. The van der Waals surface area contributed by atoms with Crippen molar-refractivity contribution in [3.05, 3.63) is 0 Å². The van der Waals surface area contributed by atoms with Gasteiger partial charge in [0.1, 0.15) is 18.3 Å². The van der Waals surface area contributed by atoms with Crippen LogP contribution < -0.4 is 0 Å². The van der Waals surface area contributed by atoms with E-state index in [1.807, 2.05) is 0 Å². The monoisotopic (exact) mass is 328 g/mol. The summed E-state index contributed by atoms with van der Waals surface area (Å²) in [6.45, 7) is 3.59. The smallest absolute Gasteiger partial charge is 0.300 e. The van der Waals surface area contributed by atoms with Crippen LogP contribution in [-0.4, -0.2) is 84.7 Å². The van der Waals surface area contributed by atoms with Crippen molar-refractivity contribution in [1.29, 1.82) is 0 Å². The Morgan fingerprint density at radius 2 is 1.23 bits per heavy atom. The maximum Gasteiger partial charge on any atom is 0.300 e. The highest BCUT2D eigenvalue weighted by Gasteiger charge is 2.32. The number of aliphatic hydroxyl groups excluding tert-OH is 2. The molecule has 0 spiro atoms. The molecule has 0 amide bonds. The molecule has 4 unspecified atom stereocenters. The molecule has 9 heteroatoms. The van der Waals surface area contributed by atoms with Crippen LogP contribution >= 0.6 is 0 Å². The fraction of sp³-hybridized carbons (Fsp3) is 0.846. The number of hydrogen-bond acceptors (Lipinski definition) is 7. The number of rotatable bonds is 7. The van der Waals surface area contributed by atoms with E-state index in [2.05, 4.69) is 0 Å². The number of methoxy groups -OCH3 is 3. The Morgan fingerprint density at radius 1 is 0.909 bits per heavy atom. The molecule has 0 aliphatic carbocycles. The maximum atomic E-state index is 9.41. The molecule has 4 N–H and O–H groups in total. The Morgan fingerprint density at radius 3 is 1.36 bits per heavy atom. The van der Waals surface area contributed by atoms with E-state index in [0.717, 1.165) is 13.8 Å².